The monoisotopic (exact) mass is 382 g/mol. The molecule has 27 heavy (non-hydrogen) atoms. The minimum absolute atomic E-state index is 0.0424. The molecule has 140 valence electrons. The highest BCUT2D eigenvalue weighted by Crippen LogP contribution is 2.34. The van der Waals surface area contributed by atoms with Crippen molar-refractivity contribution in [2.24, 2.45) is 0 Å². The van der Waals surface area contributed by atoms with Crippen LogP contribution in [-0.4, -0.2) is 25.1 Å². The van der Waals surface area contributed by atoms with E-state index in [4.69, 9.17) is 9.47 Å². The van der Waals surface area contributed by atoms with Crippen molar-refractivity contribution in [1.29, 1.82) is 0 Å². The lowest BCUT2D eigenvalue weighted by Gasteiger charge is -2.09. The Labute approximate surface area is 163 Å². The average Bonchev–Trinajstić information content (AvgIpc) is 3.06. The minimum atomic E-state index is -0.0424. The molecule has 5 nitrogen and oxygen atoms in total. The van der Waals surface area contributed by atoms with Gasteiger partial charge in [-0.1, -0.05) is 30.3 Å². The Hall–Kier alpha value is -2.86. The first-order valence-electron chi connectivity index (χ1n) is 8.60. The van der Waals surface area contributed by atoms with Gasteiger partial charge in [-0.25, -0.2) is 4.98 Å². The van der Waals surface area contributed by atoms with E-state index in [-0.39, 0.29) is 5.91 Å². The summed E-state index contributed by atoms with van der Waals surface area (Å²) in [6.45, 7) is 2.36. The van der Waals surface area contributed by atoms with Crippen LogP contribution in [0.1, 0.15) is 16.1 Å². The van der Waals surface area contributed by atoms with Crippen LogP contribution in [0.2, 0.25) is 0 Å². The summed E-state index contributed by atoms with van der Waals surface area (Å²) >= 11 is 1.52. The van der Waals surface area contributed by atoms with Gasteiger partial charge in [0.25, 0.3) is 0 Å². The van der Waals surface area contributed by atoms with Crippen molar-refractivity contribution in [3.05, 3.63) is 64.7 Å². The molecule has 2 aromatic carbocycles. The number of ether oxygens (including phenoxy) is 2. The Kier molecular flexibility index (Phi) is 6.08. The van der Waals surface area contributed by atoms with Gasteiger partial charge < -0.3 is 14.8 Å². The van der Waals surface area contributed by atoms with E-state index < -0.39 is 0 Å². The number of methoxy groups -OCH3 is 2. The lowest BCUT2D eigenvalue weighted by molar-refractivity contribution is -0.120. The standard InChI is InChI=1S/C21H22N2O3S/c1-14-19(27-21(23-14)16-9-5-7-11-18(16)26-3)12-20(24)22-13-15-8-4-6-10-17(15)25-2/h4-11H,12-13H2,1-3H3,(H,22,24). The van der Waals surface area contributed by atoms with E-state index in [1.165, 1.54) is 11.3 Å². The predicted molar refractivity (Wildman–Crippen MR) is 107 cm³/mol. The van der Waals surface area contributed by atoms with Gasteiger partial charge in [0.2, 0.25) is 5.91 Å². The van der Waals surface area contributed by atoms with Gasteiger partial charge in [-0.3, -0.25) is 4.79 Å². The van der Waals surface area contributed by atoms with Crippen molar-refractivity contribution in [2.45, 2.75) is 19.9 Å². The lowest BCUT2D eigenvalue weighted by Crippen LogP contribution is -2.24. The van der Waals surface area contributed by atoms with Gasteiger partial charge in [0.1, 0.15) is 16.5 Å². The molecule has 3 aromatic rings. The first-order valence-corrected chi connectivity index (χ1v) is 9.42. The Bertz CT molecular complexity index is 937. The van der Waals surface area contributed by atoms with E-state index in [2.05, 4.69) is 10.3 Å². The average molecular weight is 382 g/mol. The number of aromatic nitrogens is 1. The molecular formula is C21H22N2O3S. The Morgan fingerprint density at radius 3 is 2.44 bits per heavy atom. The summed E-state index contributed by atoms with van der Waals surface area (Å²) < 4.78 is 10.7. The van der Waals surface area contributed by atoms with Gasteiger partial charge in [-0.05, 0) is 25.1 Å². The summed E-state index contributed by atoms with van der Waals surface area (Å²) in [5, 5.41) is 3.81. The second-order valence-electron chi connectivity index (χ2n) is 5.99. The third-order valence-electron chi connectivity index (χ3n) is 4.22. The summed E-state index contributed by atoms with van der Waals surface area (Å²) in [7, 11) is 3.27. The number of hydrogen-bond acceptors (Lipinski definition) is 5. The van der Waals surface area contributed by atoms with Gasteiger partial charge >= 0.3 is 0 Å². The molecule has 3 rings (SSSR count). The van der Waals surface area contributed by atoms with Crippen molar-refractivity contribution in [3.63, 3.8) is 0 Å². The summed E-state index contributed by atoms with van der Waals surface area (Å²) in [5.41, 5.74) is 2.76. The number of para-hydroxylation sites is 2. The van der Waals surface area contributed by atoms with Crippen LogP contribution < -0.4 is 14.8 Å². The van der Waals surface area contributed by atoms with Gasteiger partial charge in [0.05, 0.1) is 31.9 Å². The molecule has 0 saturated heterocycles. The molecule has 0 spiro atoms. The van der Waals surface area contributed by atoms with Crippen LogP contribution in [0.15, 0.2) is 48.5 Å². The second-order valence-corrected chi connectivity index (χ2v) is 7.08. The SMILES string of the molecule is COc1ccccc1CNC(=O)Cc1sc(-c2ccccc2OC)nc1C. The number of amides is 1. The van der Waals surface area contributed by atoms with Crippen LogP contribution in [0.25, 0.3) is 10.6 Å². The van der Waals surface area contributed by atoms with Crippen molar-refractivity contribution < 1.29 is 14.3 Å². The fraction of sp³-hybridized carbons (Fsp3) is 0.238. The van der Waals surface area contributed by atoms with Crippen LogP contribution in [0.5, 0.6) is 11.5 Å². The molecule has 0 aliphatic carbocycles. The third-order valence-corrected chi connectivity index (χ3v) is 5.41. The van der Waals surface area contributed by atoms with Gasteiger partial charge in [-0.2, -0.15) is 0 Å². The Morgan fingerprint density at radius 1 is 1.04 bits per heavy atom. The van der Waals surface area contributed by atoms with E-state index >= 15 is 0 Å². The summed E-state index contributed by atoms with van der Waals surface area (Å²) in [6.07, 6.45) is 0.299. The van der Waals surface area contributed by atoms with Crippen LogP contribution in [0.4, 0.5) is 0 Å². The smallest absolute Gasteiger partial charge is 0.225 e. The molecule has 0 fully saturated rings. The van der Waals surface area contributed by atoms with Crippen molar-refractivity contribution >= 4 is 17.2 Å². The molecule has 6 heteroatoms. The molecule has 0 saturated carbocycles. The zero-order chi connectivity index (χ0) is 19.2. The minimum Gasteiger partial charge on any atom is -0.496 e. The molecular weight excluding hydrogens is 360 g/mol. The Morgan fingerprint density at radius 2 is 1.70 bits per heavy atom. The van der Waals surface area contributed by atoms with E-state index in [1.807, 2.05) is 55.5 Å². The maximum Gasteiger partial charge on any atom is 0.225 e. The number of benzene rings is 2. The van der Waals surface area contributed by atoms with E-state index in [0.717, 1.165) is 38.2 Å². The normalized spacial score (nSPS) is 10.5. The number of hydrogen-bond donors (Lipinski definition) is 1. The number of thiazole rings is 1. The number of carbonyl (C=O) groups is 1. The third kappa shape index (κ3) is 4.46. The predicted octanol–water partition coefficient (Wildman–Crippen LogP) is 3.99. The quantitative estimate of drug-likeness (QED) is 0.671. The Balaban J connectivity index is 1.69. The van der Waals surface area contributed by atoms with E-state index in [9.17, 15) is 4.79 Å². The maximum atomic E-state index is 12.4. The fourth-order valence-electron chi connectivity index (χ4n) is 2.78. The highest BCUT2D eigenvalue weighted by atomic mass is 32.1. The molecule has 1 aromatic heterocycles. The zero-order valence-electron chi connectivity index (χ0n) is 15.6. The number of nitrogens with one attached hydrogen (secondary N) is 1. The lowest BCUT2D eigenvalue weighted by atomic mass is 10.2. The largest absolute Gasteiger partial charge is 0.496 e. The first kappa shape index (κ1) is 18.9. The molecule has 1 heterocycles. The molecule has 0 bridgehead atoms. The summed E-state index contributed by atoms with van der Waals surface area (Å²) in [5.74, 6) is 1.50. The second kappa shape index (κ2) is 8.68. The number of nitrogens with zero attached hydrogens (tertiary/aromatic N) is 1. The summed E-state index contributed by atoms with van der Waals surface area (Å²) in [4.78, 5) is 18.0. The van der Waals surface area contributed by atoms with Crippen molar-refractivity contribution in [1.82, 2.24) is 10.3 Å². The van der Waals surface area contributed by atoms with Crippen LogP contribution in [0.3, 0.4) is 0 Å². The zero-order valence-corrected chi connectivity index (χ0v) is 16.4. The number of carbonyl (C=O) groups excluding carboxylic acids is 1. The van der Waals surface area contributed by atoms with Crippen LogP contribution in [-0.2, 0) is 17.8 Å². The van der Waals surface area contributed by atoms with Crippen molar-refractivity contribution in [3.8, 4) is 22.1 Å². The van der Waals surface area contributed by atoms with E-state index in [0.29, 0.717) is 13.0 Å². The molecule has 0 atom stereocenters. The molecule has 0 unspecified atom stereocenters. The highest BCUT2D eigenvalue weighted by molar-refractivity contribution is 7.15. The molecule has 0 radical (unpaired) electrons. The van der Waals surface area contributed by atoms with Gasteiger partial charge in [-0.15, -0.1) is 11.3 Å². The molecule has 0 aliphatic rings. The first-order chi connectivity index (χ1) is 13.1. The molecule has 0 aliphatic heterocycles. The highest BCUT2D eigenvalue weighted by Gasteiger charge is 2.15. The number of aryl methyl sites for hydroxylation is 1. The van der Waals surface area contributed by atoms with Crippen LogP contribution >= 0.6 is 11.3 Å². The molecule has 1 N–H and O–H groups in total. The van der Waals surface area contributed by atoms with Gasteiger partial charge in [0.15, 0.2) is 0 Å². The van der Waals surface area contributed by atoms with Crippen LogP contribution in [0, 0.1) is 6.92 Å². The van der Waals surface area contributed by atoms with Crippen molar-refractivity contribution in [2.75, 3.05) is 14.2 Å². The summed E-state index contributed by atoms with van der Waals surface area (Å²) in [6, 6.07) is 15.4. The molecule has 1 amide bonds. The van der Waals surface area contributed by atoms with E-state index in [1.54, 1.807) is 14.2 Å². The topological polar surface area (TPSA) is 60.5 Å². The number of rotatable bonds is 7. The maximum absolute atomic E-state index is 12.4. The fourth-order valence-corrected chi connectivity index (χ4v) is 3.87. The van der Waals surface area contributed by atoms with Gasteiger partial charge in [0, 0.05) is 17.0 Å².